The average molecular weight is 1540 g/mol. The van der Waals surface area contributed by atoms with Gasteiger partial charge in [0.15, 0.2) is 0 Å². The highest BCUT2D eigenvalue weighted by atomic mass is 14.3. The van der Waals surface area contributed by atoms with Crippen molar-refractivity contribution in [2.45, 2.75) is 117 Å². The summed E-state index contributed by atoms with van der Waals surface area (Å²) in [5, 5.41) is 32.6. The number of rotatable bonds is 0. The second-order valence-electron chi connectivity index (χ2n) is 33.0. The van der Waals surface area contributed by atoms with Crippen LogP contribution in [0.15, 0.2) is 358 Å². The zero-order chi connectivity index (χ0) is 83.1. The lowest BCUT2D eigenvalue weighted by molar-refractivity contribution is 0.956. The quantitative estimate of drug-likeness (QED) is 0.105. The molecule has 0 radical (unpaired) electrons. The highest BCUT2D eigenvalue weighted by Gasteiger charge is 2.24. The van der Waals surface area contributed by atoms with Gasteiger partial charge in [0, 0.05) is 5.92 Å². The van der Waals surface area contributed by atoms with Crippen LogP contribution in [-0.2, 0) is 0 Å². The van der Waals surface area contributed by atoms with Crippen molar-refractivity contribution in [2.24, 2.45) is 0 Å². The highest BCUT2D eigenvalue weighted by Crippen LogP contribution is 2.45. The first-order valence-corrected chi connectivity index (χ1v) is 42.2. The molecule has 0 heteroatoms. The molecule has 0 nitrogen and oxygen atoms in total. The van der Waals surface area contributed by atoms with Crippen LogP contribution in [0.4, 0.5) is 0 Å². The summed E-state index contributed by atoms with van der Waals surface area (Å²) < 4.78 is 0. The van der Waals surface area contributed by atoms with E-state index in [4.69, 9.17) is 0 Å². The maximum atomic E-state index is 2.30. The fraction of sp³-hybridized carbons (Fsp3) is 0.143. The molecule has 0 saturated carbocycles. The summed E-state index contributed by atoms with van der Waals surface area (Å²) in [6.07, 6.45) is 0. The van der Waals surface area contributed by atoms with Crippen LogP contribution in [0.25, 0.3) is 140 Å². The zero-order valence-electron chi connectivity index (χ0n) is 72.1. The molecule has 0 fully saturated rings. The predicted octanol–water partition coefficient (Wildman–Crippen LogP) is 34.1. The molecule has 22 rings (SSSR count). The first-order valence-electron chi connectivity index (χ1n) is 42.2. The van der Waals surface area contributed by atoms with E-state index in [-0.39, 0.29) is 0 Å². The molecular weight excluding hydrogens is 1430 g/mol. The molecular formula is C119H108. The molecule has 0 aromatic heterocycles. The second kappa shape index (κ2) is 35.7. The Morgan fingerprint density at radius 3 is 0.899 bits per heavy atom. The molecule has 584 valence electrons. The van der Waals surface area contributed by atoms with Crippen molar-refractivity contribution in [1.29, 1.82) is 0 Å². The Labute approximate surface area is 704 Å². The number of benzene rings is 21. The van der Waals surface area contributed by atoms with Gasteiger partial charge in [-0.1, -0.05) is 346 Å². The smallest absolute Gasteiger partial charge is 0.00733 e. The van der Waals surface area contributed by atoms with Gasteiger partial charge in [0.05, 0.1) is 0 Å². The van der Waals surface area contributed by atoms with Crippen LogP contribution in [0.3, 0.4) is 0 Å². The summed E-state index contributed by atoms with van der Waals surface area (Å²) in [5.41, 5.74) is 26.2. The van der Waals surface area contributed by atoms with Crippen molar-refractivity contribution < 1.29 is 0 Å². The number of aryl methyl sites for hydroxylation is 15. The van der Waals surface area contributed by atoms with Crippen molar-refractivity contribution in [3.63, 3.8) is 0 Å². The van der Waals surface area contributed by atoms with Gasteiger partial charge in [-0.05, 0) is 358 Å². The van der Waals surface area contributed by atoms with Crippen LogP contribution in [0.2, 0.25) is 0 Å². The van der Waals surface area contributed by atoms with Gasteiger partial charge in [-0.15, -0.1) is 0 Å². The Morgan fingerprint density at radius 1 is 0.143 bits per heavy atom. The van der Waals surface area contributed by atoms with Gasteiger partial charge in [-0.25, -0.2) is 0 Å². The number of hydrogen-bond donors (Lipinski definition) is 0. The molecule has 119 heavy (non-hydrogen) atoms. The Hall–Kier alpha value is -13.3. The monoisotopic (exact) mass is 1540 g/mol. The molecule has 0 amide bonds. The number of hydrogen-bond acceptors (Lipinski definition) is 0. The van der Waals surface area contributed by atoms with Crippen molar-refractivity contribution in [2.75, 3.05) is 0 Å². The zero-order valence-corrected chi connectivity index (χ0v) is 72.1. The largest absolute Gasteiger partial charge is 0.0619 e. The standard InChI is InChI=1S/5C16H14.C15H14.2C12H12/c1-11-5-3-7-13-10-16-12(2)6-4-8-14(16)9-15(11)13;1-11-13-7-3-5-9-15(13)12(2)16-10-6-4-8-14(11)16;1-11-6-5-9-15-12(2)14-8-4-3-7-13(14)10-16(11)15;1-11-7-8-12(2)16-10-14-6-4-3-5-13(14)9-15(11)16;1-11-7-8-13-10-12(2)14-5-3-4-6-15(14)16(13)9-11;1-10-7-8-13-11(2)12-5-3-4-6-14(12)15(13)9-10;1-9-5-3-8-12-10(2)6-4-7-11(9)12;1-9-7-8-10(2)12-6-4-3-5-11(9)12/h5*3-10H,1-2H3;3-9,11H,1-2H3;2*3-8H,1-2H3. The Kier molecular flexibility index (Phi) is 24.3. The van der Waals surface area contributed by atoms with Gasteiger partial charge in [0.25, 0.3) is 0 Å². The fourth-order valence-corrected chi connectivity index (χ4v) is 17.9. The minimum absolute atomic E-state index is 0.553. The first kappa shape index (κ1) is 80.9. The summed E-state index contributed by atoms with van der Waals surface area (Å²) >= 11 is 0. The van der Waals surface area contributed by atoms with Gasteiger partial charge in [-0.3, -0.25) is 0 Å². The Bertz CT molecular complexity index is 6920. The maximum absolute atomic E-state index is 2.30. The van der Waals surface area contributed by atoms with E-state index in [1.54, 1.807) is 0 Å². The molecule has 21 aromatic rings. The van der Waals surface area contributed by atoms with Crippen LogP contribution in [0.5, 0.6) is 0 Å². The van der Waals surface area contributed by atoms with Crippen LogP contribution >= 0.6 is 0 Å². The van der Waals surface area contributed by atoms with E-state index in [1.165, 1.54) is 235 Å². The lowest BCUT2D eigenvalue weighted by Crippen LogP contribution is -1.88. The highest BCUT2D eigenvalue weighted by molar-refractivity contribution is 6.10. The van der Waals surface area contributed by atoms with E-state index in [2.05, 4.69) is 469 Å². The van der Waals surface area contributed by atoms with Crippen LogP contribution in [0, 0.1) is 104 Å². The first-order chi connectivity index (χ1) is 57.7. The fourth-order valence-electron chi connectivity index (χ4n) is 17.9. The molecule has 0 saturated heterocycles. The third kappa shape index (κ3) is 17.2. The summed E-state index contributed by atoms with van der Waals surface area (Å²) in [6, 6.07) is 129. The Morgan fingerprint density at radius 2 is 0.412 bits per heavy atom. The van der Waals surface area contributed by atoms with Gasteiger partial charge in [0.1, 0.15) is 0 Å². The minimum atomic E-state index is 0.553. The average Bonchev–Trinajstić information content (AvgIpc) is 1.74. The lowest BCUT2D eigenvalue weighted by atomic mass is 9.93. The molecule has 1 aliphatic rings. The summed E-state index contributed by atoms with van der Waals surface area (Å²) in [6.45, 7) is 34.9. The molecule has 0 heterocycles. The summed E-state index contributed by atoms with van der Waals surface area (Å²) in [5.74, 6) is 0.553. The summed E-state index contributed by atoms with van der Waals surface area (Å²) in [4.78, 5) is 0. The molecule has 1 atom stereocenters. The van der Waals surface area contributed by atoms with Gasteiger partial charge < -0.3 is 0 Å². The summed E-state index contributed by atoms with van der Waals surface area (Å²) in [7, 11) is 0. The van der Waals surface area contributed by atoms with E-state index in [1.807, 2.05) is 0 Å². The van der Waals surface area contributed by atoms with E-state index in [0.717, 1.165) is 0 Å². The lowest BCUT2D eigenvalue weighted by Gasteiger charge is -2.11. The van der Waals surface area contributed by atoms with Crippen molar-refractivity contribution in [3.8, 4) is 11.1 Å². The normalized spacial score (nSPS) is 11.8. The van der Waals surface area contributed by atoms with Gasteiger partial charge >= 0.3 is 0 Å². The third-order valence-electron chi connectivity index (χ3n) is 24.8. The van der Waals surface area contributed by atoms with Crippen LogP contribution in [0.1, 0.15) is 107 Å². The van der Waals surface area contributed by atoms with E-state index in [9.17, 15) is 0 Å². The SMILES string of the molecule is Cc1c2ccccc2c(C)c2ccccc12.Cc1ccc(C)c2cc3ccccc3cc12.Cc1ccc(C)c2ccccc12.Cc1ccc2c(c1)-c1ccccc1C2C.Cc1ccc2cc(C)c3ccccc3c2c1.Cc1cccc2c(C)c3ccccc3cc12.Cc1cccc2c(C)cccc12.Cc1cccc2cc3c(C)cccc3cc12. The van der Waals surface area contributed by atoms with Crippen LogP contribution in [-0.4, -0.2) is 0 Å². The topological polar surface area (TPSA) is 0 Å². The second-order valence-corrected chi connectivity index (χ2v) is 33.0. The molecule has 0 aliphatic heterocycles. The van der Waals surface area contributed by atoms with Crippen molar-refractivity contribution in [1.82, 2.24) is 0 Å². The van der Waals surface area contributed by atoms with Crippen LogP contribution < -0.4 is 0 Å². The predicted molar refractivity (Wildman–Crippen MR) is 526 cm³/mol. The molecule has 21 aromatic carbocycles. The number of fused-ring (bicyclic) bond motifs is 16. The molecule has 0 bridgehead atoms. The Balaban J connectivity index is 0.000000106. The maximum Gasteiger partial charge on any atom is 0.00733 e. The molecule has 0 spiro atoms. The molecule has 0 N–H and O–H groups in total. The van der Waals surface area contributed by atoms with E-state index in [0.29, 0.717) is 5.92 Å². The minimum Gasteiger partial charge on any atom is -0.0619 e. The van der Waals surface area contributed by atoms with E-state index < -0.39 is 0 Å². The van der Waals surface area contributed by atoms with Crippen molar-refractivity contribution >= 4 is 129 Å². The van der Waals surface area contributed by atoms with Crippen molar-refractivity contribution in [3.05, 3.63) is 452 Å². The molecule has 1 unspecified atom stereocenters. The van der Waals surface area contributed by atoms with E-state index >= 15 is 0 Å². The molecule has 1 aliphatic carbocycles. The van der Waals surface area contributed by atoms with Gasteiger partial charge in [0.2, 0.25) is 0 Å². The third-order valence-corrected chi connectivity index (χ3v) is 24.8. The van der Waals surface area contributed by atoms with Gasteiger partial charge in [-0.2, -0.15) is 0 Å².